The van der Waals surface area contributed by atoms with Crippen LogP contribution in [0.5, 0.6) is 0 Å². The molecule has 1 saturated heterocycles. The summed E-state index contributed by atoms with van der Waals surface area (Å²) in [5.74, 6) is 0.876. The average molecular weight is 392 g/mol. The summed E-state index contributed by atoms with van der Waals surface area (Å²) in [5, 5.41) is 0.987. The van der Waals surface area contributed by atoms with Crippen LogP contribution in [0.3, 0.4) is 0 Å². The van der Waals surface area contributed by atoms with Gasteiger partial charge in [-0.15, -0.1) is 0 Å². The normalized spacial score (nSPS) is 15.7. The van der Waals surface area contributed by atoms with E-state index in [4.69, 9.17) is 10.2 Å². The van der Waals surface area contributed by atoms with Gasteiger partial charge in [-0.1, -0.05) is 31.2 Å². The van der Waals surface area contributed by atoms with Gasteiger partial charge in [0.15, 0.2) is 0 Å². The highest BCUT2D eigenvalue weighted by molar-refractivity contribution is 6.03. The van der Waals surface area contributed by atoms with E-state index in [9.17, 15) is 4.79 Å². The first-order chi connectivity index (χ1) is 14.0. The van der Waals surface area contributed by atoms with Crippen LogP contribution in [0.2, 0.25) is 0 Å². The van der Waals surface area contributed by atoms with Gasteiger partial charge < -0.3 is 20.0 Å². The van der Waals surface area contributed by atoms with Crippen molar-refractivity contribution in [3.8, 4) is 0 Å². The molecular formula is C24H29N3O2. The number of hydrogen-bond acceptors (Lipinski definition) is 4. The van der Waals surface area contributed by atoms with E-state index in [0.717, 1.165) is 53.3 Å². The van der Waals surface area contributed by atoms with Crippen LogP contribution >= 0.6 is 0 Å². The van der Waals surface area contributed by atoms with Gasteiger partial charge in [-0.2, -0.15) is 0 Å². The number of carbonyl (C=O) groups is 1. The van der Waals surface area contributed by atoms with Gasteiger partial charge in [0, 0.05) is 37.0 Å². The van der Waals surface area contributed by atoms with Gasteiger partial charge >= 0.3 is 0 Å². The summed E-state index contributed by atoms with van der Waals surface area (Å²) >= 11 is 0. The quantitative estimate of drug-likeness (QED) is 0.623. The molecule has 0 bridgehead atoms. The molecule has 5 nitrogen and oxygen atoms in total. The van der Waals surface area contributed by atoms with E-state index in [1.54, 1.807) is 6.92 Å². The summed E-state index contributed by atoms with van der Waals surface area (Å²) in [7, 11) is 0. The van der Waals surface area contributed by atoms with Crippen molar-refractivity contribution in [3.63, 3.8) is 0 Å². The molecule has 0 saturated carbocycles. The maximum Gasteiger partial charge on any atom is 0.224 e. The van der Waals surface area contributed by atoms with Gasteiger partial charge in [-0.3, -0.25) is 4.79 Å². The molecule has 1 atom stereocenters. The summed E-state index contributed by atoms with van der Waals surface area (Å²) in [5.41, 5.74) is 9.43. The number of anilines is 2. The Morgan fingerprint density at radius 2 is 1.83 bits per heavy atom. The Bertz CT molecular complexity index is 987. The number of furan rings is 1. The molecule has 1 aromatic heterocycles. The van der Waals surface area contributed by atoms with Crippen molar-refractivity contribution in [1.29, 1.82) is 0 Å². The van der Waals surface area contributed by atoms with E-state index in [-0.39, 0.29) is 11.8 Å². The van der Waals surface area contributed by atoms with Crippen LogP contribution < -0.4 is 10.6 Å². The monoisotopic (exact) mass is 391 g/mol. The number of hydrogen-bond donors (Lipinski definition) is 1. The first-order valence-corrected chi connectivity index (χ1v) is 10.4. The van der Waals surface area contributed by atoms with Crippen LogP contribution in [0.1, 0.15) is 43.9 Å². The number of amides is 1. The molecule has 0 aliphatic carbocycles. The molecule has 0 spiro atoms. The first-order valence-electron chi connectivity index (χ1n) is 10.4. The predicted octanol–water partition coefficient (Wildman–Crippen LogP) is 4.62. The van der Waals surface area contributed by atoms with Crippen LogP contribution in [0, 0.1) is 0 Å². The first kappa shape index (κ1) is 19.5. The number of benzene rings is 2. The van der Waals surface area contributed by atoms with Crippen molar-refractivity contribution >= 4 is 28.3 Å². The van der Waals surface area contributed by atoms with Crippen molar-refractivity contribution in [1.82, 2.24) is 4.90 Å². The molecular weight excluding hydrogens is 362 g/mol. The topological polar surface area (TPSA) is 62.7 Å². The summed E-state index contributed by atoms with van der Waals surface area (Å²) < 4.78 is 6.31. The van der Waals surface area contributed by atoms with Crippen molar-refractivity contribution in [3.05, 3.63) is 59.9 Å². The molecule has 152 valence electrons. The van der Waals surface area contributed by atoms with Crippen LogP contribution in [-0.2, 0) is 4.79 Å². The third kappa shape index (κ3) is 4.01. The van der Waals surface area contributed by atoms with Gasteiger partial charge in [0.1, 0.15) is 11.3 Å². The van der Waals surface area contributed by atoms with E-state index in [2.05, 4.69) is 11.8 Å². The number of likely N-dealkylation sites (tertiary alicyclic amines) is 1. The molecule has 1 unspecified atom stereocenters. The molecule has 1 amide bonds. The van der Waals surface area contributed by atoms with Crippen molar-refractivity contribution in [2.75, 3.05) is 36.8 Å². The van der Waals surface area contributed by atoms with Crippen molar-refractivity contribution in [2.45, 2.75) is 32.6 Å². The molecule has 2 heterocycles. The molecule has 1 fully saturated rings. The van der Waals surface area contributed by atoms with Gasteiger partial charge in [0.25, 0.3) is 0 Å². The van der Waals surface area contributed by atoms with E-state index < -0.39 is 0 Å². The number of carbonyl (C=O) groups excluding carboxylic acids is 1. The number of nitrogen functional groups attached to an aromatic ring is 1. The van der Waals surface area contributed by atoms with Crippen LogP contribution in [-0.4, -0.2) is 37.0 Å². The summed E-state index contributed by atoms with van der Waals surface area (Å²) in [6.07, 6.45) is 2.49. The lowest BCUT2D eigenvalue weighted by Crippen LogP contribution is -2.37. The fraction of sp³-hybridized carbons (Fsp3) is 0.375. The van der Waals surface area contributed by atoms with Crippen LogP contribution in [0.4, 0.5) is 11.4 Å². The SMILES string of the molecule is CC(=O)N(CCN1CCCC1)c1c(C(C)c2ccc(N)cc2)oc2ccccc12. The van der Waals surface area contributed by atoms with E-state index in [1.165, 1.54) is 12.8 Å². The highest BCUT2D eigenvalue weighted by atomic mass is 16.3. The number of rotatable bonds is 6. The zero-order valence-electron chi connectivity index (χ0n) is 17.2. The molecule has 0 radical (unpaired) electrons. The molecule has 3 aromatic rings. The third-order valence-electron chi connectivity index (χ3n) is 5.91. The Balaban J connectivity index is 1.74. The minimum atomic E-state index is 0.00615. The lowest BCUT2D eigenvalue weighted by atomic mass is 9.96. The van der Waals surface area contributed by atoms with Gasteiger partial charge in [-0.25, -0.2) is 0 Å². The van der Waals surface area contributed by atoms with E-state index in [0.29, 0.717) is 6.54 Å². The number of fused-ring (bicyclic) bond motifs is 1. The minimum Gasteiger partial charge on any atom is -0.458 e. The summed E-state index contributed by atoms with van der Waals surface area (Å²) in [4.78, 5) is 17.0. The maximum atomic E-state index is 12.7. The summed E-state index contributed by atoms with van der Waals surface area (Å²) in [6.45, 7) is 7.54. The van der Waals surface area contributed by atoms with Crippen molar-refractivity contribution in [2.24, 2.45) is 0 Å². The Morgan fingerprint density at radius 1 is 1.14 bits per heavy atom. The number of nitrogens with two attached hydrogens (primary N) is 1. The second kappa shape index (κ2) is 8.29. The molecule has 1 aliphatic heterocycles. The second-order valence-electron chi connectivity index (χ2n) is 7.92. The Morgan fingerprint density at radius 3 is 2.52 bits per heavy atom. The zero-order chi connectivity index (χ0) is 20.4. The van der Waals surface area contributed by atoms with Gasteiger partial charge in [0.2, 0.25) is 5.91 Å². The van der Waals surface area contributed by atoms with E-state index >= 15 is 0 Å². The maximum absolute atomic E-state index is 12.7. The fourth-order valence-corrected chi connectivity index (χ4v) is 4.23. The van der Waals surface area contributed by atoms with Gasteiger partial charge in [-0.05, 0) is 55.8 Å². The molecule has 2 aromatic carbocycles. The zero-order valence-corrected chi connectivity index (χ0v) is 17.2. The molecule has 29 heavy (non-hydrogen) atoms. The number of para-hydroxylation sites is 1. The highest BCUT2D eigenvalue weighted by Crippen LogP contribution is 2.40. The van der Waals surface area contributed by atoms with Gasteiger partial charge in [0.05, 0.1) is 5.69 Å². The van der Waals surface area contributed by atoms with Crippen molar-refractivity contribution < 1.29 is 9.21 Å². The smallest absolute Gasteiger partial charge is 0.224 e. The minimum absolute atomic E-state index is 0.00615. The van der Waals surface area contributed by atoms with E-state index in [1.807, 2.05) is 53.4 Å². The summed E-state index contributed by atoms with van der Waals surface area (Å²) in [6, 6.07) is 15.8. The average Bonchev–Trinajstić information content (AvgIpc) is 3.36. The molecule has 5 heteroatoms. The molecule has 1 aliphatic rings. The lowest BCUT2D eigenvalue weighted by Gasteiger charge is -2.26. The predicted molar refractivity (Wildman–Crippen MR) is 118 cm³/mol. The fourth-order valence-electron chi connectivity index (χ4n) is 4.23. The largest absolute Gasteiger partial charge is 0.458 e. The standard InChI is InChI=1S/C24H29N3O2/c1-17(19-9-11-20(25)12-10-19)24-23(21-7-3-4-8-22(21)29-24)27(18(2)28)16-15-26-13-5-6-14-26/h3-4,7-12,17H,5-6,13-16,25H2,1-2H3. The van der Waals surface area contributed by atoms with Crippen LogP contribution in [0.25, 0.3) is 11.0 Å². The van der Waals surface area contributed by atoms with Crippen LogP contribution in [0.15, 0.2) is 52.9 Å². The molecule has 4 rings (SSSR count). The molecule has 2 N–H and O–H groups in total. The number of nitrogens with zero attached hydrogens (tertiary/aromatic N) is 2. The Hall–Kier alpha value is -2.79. The second-order valence-corrected chi connectivity index (χ2v) is 7.92. The Kier molecular flexibility index (Phi) is 5.58. The highest BCUT2D eigenvalue weighted by Gasteiger charge is 2.27. The Labute approximate surface area is 172 Å². The third-order valence-corrected chi connectivity index (χ3v) is 5.91. The lowest BCUT2D eigenvalue weighted by molar-refractivity contribution is -0.116.